The average Bonchev–Trinajstić information content (AvgIpc) is 2.20. The molecule has 0 aliphatic heterocycles. The van der Waals surface area contributed by atoms with Crippen LogP contribution in [0.2, 0.25) is 0 Å². The molecule has 0 heterocycles. The molecule has 0 saturated heterocycles. The third-order valence-electron chi connectivity index (χ3n) is 2.14. The highest BCUT2D eigenvalue weighted by molar-refractivity contribution is 5.89. The Morgan fingerprint density at radius 2 is 2.07 bits per heavy atom. The average molecular weight is 188 g/mol. The van der Waals surface area contributed by atoms with Gasteiger partial charge < -0.3 is 9.84 Å². The first-order valence-corrected chi connectivity index (χ1v) is 4.66. The first-order chi connectivity index (χ1) is 6.81. The number of fused-ring (bicyclic) bond motifs is 1. The maximum atomic E-state index is 9.61. The summed E-state index contributed by atoms with van der Waals surface area (Å²) in [5, 5.41) is 11.5. The molecule has 0 spiro atoms. The highest BCUT2D eigenvalue weighted by atomic mass is 16.5. The van der Waals surface area contributed by atoms with Gasteiger partial charge in [-0.05, 0) is 30.5 Å². The van der Waals surface area contributed by atoms with Crippen molar-refractivity contribution in [2.45, 2.75) is 6.92 Å². The Labute approximate surface area is 82.8 Å². The number of ether oxygens (including phenoxy) is 1. The van der Waals surface area contributed by atoms with Crippen molar-refractivity contribution in [3.63, 3.8) is 0 Å². The van der Waals surface area contributed by atoms with Gasteiger partial charge in [-0.1, -0.05) is 18.2 Å². The fourth-order valence-electron chi connectivity index (χ4n) is 1.49. The number of rotatable bonds is 2. The fraction of sp³-hybridized carbons (Fsp3) is 0.167. The zero-order chi connectivity index (χ0) is 9.97. The minimum atomic E-state index is 0.295. The van der Waals surface area contributed by atoms with Crippen molar-refractivity contribution in [1.82, 2.24) is 0 Å². The molecule has 0 fully saturated rings. The van der Waals surface area contributed by atoms with Crippen LogP contribution in [0.3, 0.4) is 0 Å². The molecule has 2 rings (SSSR count). The number of phenolic OH excluding ortho intramolecular Hbond substituents is 1. The van der Waals surface area contributed by atoms with E-state index in [-0.39, 0.29) is 0 Å². The molecule has 2 heteroatoms. The Balaban J connectivity index is 2.58. The lowest BCUT2D eigenvalue weighted by molar-refractivity contribution is 0.340. The lowest BCUT2D eigenvalue weighted by Gasteiger charge is -2.05. The molecule has 2 aromatic rings. The Hall–Kier alpha value is -1.70. The molecular formula is C12H12O2. The number of aromatic hydroxyl groups is 1. The number of benzene rings is 2. The van der Waals surface area contributed by atoms with Crippen molar-refractivity contribution in [3.05, 3.63) is 36.4 Å². The highest BCUT2D eigenvalue weighted by Crippen LogP contribution is 2.27. The van der Waals surface area contributed by atoms with Crippen LogP contribution in [-0.4, -0.2) is 11.7 Å². The van der Waals surface area contributed by atoms with E-state index < -0.39 is 0 Å². The van der Waals surface area contributed by atoms with Gasteiger partial charge in [-0.3, -0.25) is 0 Å². The molecule has 0 aliphatic carbocycles. The van der Waals surface area contributed by atoms with Gasteiger partial charge in [0, 0.05) is 5.39 Å². The van der Waals surface area contributed by atoms with E-state index in [1.807, 2.05) is 37.3 Å². The SMILES string of the molecule is CCOc1ccc2cccc(O)c2c1. The van der Waals surface area contributed by atoms with Crippen LogP contribution in [0.1, 0.15) is 6.92 Å². The van der Waals surface area contributed by atoms with Gasteiger partial charge in [-0.15, -0.1) is 0 Å². The van der Waals surface area contributed by atoms with Gasteiger partial charge in [0.05, 0.1) is 6.61 Å². The molecule has 0 amide bonds. The van der Waals surface area contributed by atoms with Crippen molar-refractivity contribution < 1.29 is 9.84 Å². The molecular weight excluding hydrogens is 176 g/mol. The van der Waals surface area contributed by atoms with E-state index in [0.29, 0.717) is 12.4 Å². The first kappa shape index (κ1) is 8.88. The summed E-state index contributed by atoms with van der Waals surface area (Å²) in [6.45, 7) is 2.58. The summed E-state index contributed by atoms with van der Waals surface area (Å²) in [7, 11) is 0. The summed E-state index contributed by atoms with van der Waals surface area (Å²) in [6.07, 6.45) is 0. The molecule has 0 unspecified atom stereocenters. The van der Waals surface area contributed by atoms with Crippen molar-refractivity contribution in [3.8, 4) is 11.5 Å². The summed E-state index contributed by atoms with van der Waals surface area (Å²) in [5.41, 5.74) is 0. The second kappa shape index (κ2) is 3.58. The zero-order valence-electron chi connectivity index (χ0n) is 8.03. The van der Waals surface area contributed by atoms with E-state index in [0.717, 1.165) is 16.5 Å². The van der Waals surface area contributed by atoms with Crippen LogP contribution in [-0.2, 0) is 0 Å². The molecule has 0 aromatic heterocycles. The van der Waals surface area contributed by atoms with E-state index in [1.165, 1.54) is 0 Å². The minimum absolute atomic E-state index is 0.295. The maximum absolute atomic E-state index is 9.61. The summed E-state index contributed by atoms with van der Waals surface area (Å²) in [4.78, 5) is 0. The van der Waals surface area contributed by atoms with Crippen LogP contribution in [0.5, 0.6) is 11.5 Å². The zero-order valence-corrected chi connectivity index (χ0v) is 8.03. The first-order valence-electron chi connectivity index (χ1n) is 4.66. The van der Waals surface area contributed by atoms with Gasteiger partial charge in [0.1, 0.15) is 11.5 Å². The van der Waals surface area contributed by atoms with Crippen molar-refractivity contribution in [2.24, 2.45) is 0 Å². The smallest absolute Gasteiger partial charge is 0.123 e. The van der Waals surface area contributed by atoms with E-state index in [2.05, 4.69) is 0 Å². The van der Waals surface area contributed by atoms with Gasteiger partial charge >= 0.3 is 0 Å². The quantitative estimate of drug-likeness (QED) is 0.785. The van der Waals surface area contributed by atoms with Gasteiger partial charge in [0.15, 0.2) is 0 Å². The Morgan fingerprint density at radius 3 is 2.86 bits per heavy atom. The second-order valence-electron chi connectivity index (χ2n) is 3.09. The monoisotopic (exact) mass is 188 g/mol. The Morgan fingerprint density at radius 1 is 1.21 bits per heavy atom. The Bertz CT molecular complexity index is 449. The molecule has 1 N–H and O–H groups in total. The van der Waals surface area contributed by atoms with Crippen LogP contribution >= 0.6 is 0 Å². The Kier molecular flexibility index (Phi) is 2.27. The number of hydrogen-bond donors (Lipinski definition) is 1. The van der Waals surface area contributed by atoms with E-state index in [1.54, 1.807) is 6.07 Å². The van der Waals surface area contributed by atoms with Gasteiger partial charge in [0.2, 0.25) is 0 Å². The summed E-state index contributed by atoms with van der Waals surface area (Å²) in [6, 6.07) is 11.2. The third-order valence-corrected chi connectivity index (χ3v) is 2.14. The molecule has 2 nitrogen and oxygen atoms in total. The van der Waals surface area contributed by atoms with Crippen LogP contribution < -0.4 is 4.74 Å². The predicted octanol–water partition coefficient (Wildman–Crippen LogP) is 2.94. The molecule has 14 heavy (non-hydrogen) atoms. The topological polar surface area (TPSA) is 29.5 Å². The largest absolute Gasteiger partial charge is 0.507 e. The van der Waals surface area contributed by atoms with Crippen molar-refractivity contribution in [2.75, 3.05) is 6.61 Å². The van der Waals surface area contributed by atoms with Crippen molar-refractivity contribution >= 4 is 10.8 Å². The molecule has 0 radical (unpaired) electrons. The third kappa shape index (κ3) is 1.51. The van der Waals surface area contributed by atoms with Crippen LogP contribution in [0, 0.1) is 0 Å². The van der Waals surface area contributed by atoms with Crippen molar-refractivity contribution in [1.29, 1.82) is 0 Å². The van der Waals surface area contributed by atoms with E-state index in [9.17, 15) is 5.11 Å². The van der Waals surface area contributed by atoms with Crippen LogP contribution in [0.25, 0.3) is 10.8 Å². The number of hydrogen-bond acceptors (Lipinski definition) is 2. The lowest BCUT2D eigenvalue weighted by atomic mass is 10.1. The summed E-state index contributed by atoms with van der Waals surface area (Å²) in [5.74, 6) is 1.09. The standard InChI is InChI=1S/C12H12O2/c1-2-14-10-7-6-9-4-3-5-12(13)11(9)8-10/h3-8,13H,2H2,1H3. The van der Waals surface area contributed by atoms with E-state index >= 15 is 0 Å². The number of phenols is 1. The molecule has 2 aromatic carbocycles. The molecule has 0 bridgehead atoms. The van der Waals surface area contributed by atoms with E-state index in [4.69, 9.17) is 4.74 Å². The summed E-state index contributed by atoms with van der Waals surface area (Å²) >= 11 is 0. The van der Waals surface area contributed by atoms with Crippen LogP contribution in [0.15, 0.2) is 36.4 Å². The lowest BCUT2D eigenvalue weighted by Crippen LogP contribution is -1.90. The van der Waals surface area contributed by atoms with Crippen LogP contribution in [0.4, 0.5) is 0 Å². The molecule has 0 atom stereocenters. The minimum Gasteiger partial charge on any atom is -0.507 e. The molecule has 72 valence electrons. The van der Waals surface area contributed by atoms with Gasteiger partial charge in [-0.25, -0.2) is 0 Å². The normalized spacial score (nSPS) is 10.4. The fourth-order valence-corrected chi connectivity index (χ4v) is 1.49. The van der Waals surface area contributed by atoms with Gasteiger partial charge in [0.25, 0.3) is 0 Å². The molecule has 0 aliphatic rings. The summed E-state index contributed by atoms with van der Waals surface area (Å²) < 4.78 is 5.36. The maximum Gasteiger partial charge on any atom is 0.123 e. The predicted molar refractivity (Wildman–Crippen MR) is 56.8 cm³/mol. The van der Waals surface area contributed by atoms with Gasteiger partial charge in [-0.2, -0.15) is 0 Å². The second-order valence-corrected chi connectivity index (χ2v) is 3.09. The molecule has 0 saturated carbocycles. The highest BCUT2D eigenvalue weighted by Gasteiger charge is 2.00.